The van der Waals surface area contributed by atoms with Crippen molar-refractivity contribution in [3.63, 3.8) is 0 Å². The number of ether oxygens (including phenoxy) is 1. The summed E-state index contributed by atoms with van der Waals surface area (Å²) in [6.45, 7) is 4.37. The lowest BCUT2D eigenvalue weighted by Crippen LogP contribution is -2.38. The van der Waals surface area contributed by atoms with E-state index in [0.29, 0.717) is 0 Å². The summed E-state index contributed by atoms with van der Waals surface area (Å²) in [7, 11) is 1.69. The Kier molecular flexibility index (Phi) is 5.49. The first-order valence-electron chi connectivity index (χ1n) is 6.49. The molecule has 2 heteroatoms. The number of unbranched alkanes of at least 4 members (excludes halogenated alkanes) is 2. The molecule has 0 saturated carbocycles. The van der Waals surface area contributed by atoms with Crippen molar-refractivity contribution < 1.29 is 4.74 Å². The minimum Gasteiger partial charge on any atom is -0.497 e. The van der Waals surface area contributed by atoms with E-state index in [-0.39, 0.29) is 5.54 Å². The highest BCUT2D eigenvalue weighted by Crippen LogP contribution is 2.19. The van der Waals surface area contributed by atoms with Gasteiger partial charge >= 0.3 is 0 Å². The number of benzene rings is 1. The second kappa shape index (κ2) is 6.65. The second-order valence-corrected chi connectivity index (χ2v) is 5.14. The van der Waals surface area contributed by atoms with Crippen molar-refractivity contribution in [1.82, 2.24) is 0 Å². The van der Waals surface area contributed by atoms with E-state index in [9.17, 15) is 0 Å². The molecule has 17 heavy (non-hydrogen) atoms. The fraction of sp³-hybridized carbons (Fsp3) is 0.600. The Labute approximate surface area is 105 Å². The third kappa shape index (κ3) is 5.22. The molecule has 1 aromatic rings. The highest BCUT2D eigenvalue weighted by Gasteiger charge is 2.18. The fourth-order valence-electron chi connectivity index (χ4n) is 2.08. The molecule has 0 saturated heterocycles. The van der Waals surface area contributed by atoms with Gasteiger partial charge in [-0.05, 0) is 37.5 Å². The third-order valence-electron chi connectivity index (χ3n) is 3.12. The summed E-state index contributed by atoms with van der Waals surface area (Å²) < 4.78 is 5.15. The van der Waals surface area contributed by atoms with E-state index in [1.165, 1.54) is 24.8 Å². The monoisotopic (exact) mass is 235 g/mol. The Balaban J connectivity index is 2.50. The van der Waals surface area contributed by atoms with Crippen LogP contribution in [0.2, 0.25) is 0 Å². The van der Waals surface area contributed by atoms with Crippen molar-refractivity contribution in [2.45, 2.75) is 51.5 Å². The molecule has 0 spiro atoms. The minimum absolute atomic E-state index is 0.0935. The van der Waals surface area contributed by atoms with Gasteiger partial charge in [0.05, 0.1) is 7.11 Å². The molecule has 0 radical (unpaired) electrons. The van der Waals surface area contributed by atoms with E-state index in [2.05, 4.69) is 26.0 Å². The Bertz CT molecular complexity index is 316. The van der Waals surface area contributed by atoms with E-state index in [4.69, 9.17) is 10.5 Å². The number of methoxy groups -OCH3 is 1. The lowest BCUT2D eigenvalue weighted by molar-refractivity contribution is 0.405. The van der Waals surface area contributed by atoms with Gasteiger partial charge in [-0.3, -0.25) is 0 Å². The average molecular weight is 235 g/mol. The maximum Gasteiger partial charge on any atom is 0.118 e. The van der Waals surface area contributed by atoms with Crippen LogP contribution in [0.25, 0.3) is 0 Å². The van der Waals surface area contributed by atoms with Gasteiger partial charge in [0.25, 0.3) is 0 Å². The molecule has 1 atom stereocenters. The topological polar surface area (TPSA) is 35.2 Å². The Hall–Kier alpha value is -1.02. The van der Waals surface area contributed by atoms with Gasteiger partial charge in [0, 0.05) is 5.54 Å². The summed E-state index contributed by atoms with van der Waals surface area (Å²) in [4.78, 5) is 0. The van der Waals surface area contributed by atoms with Crippen LogP contribution in [0.3, 0.4) is 0 Å². The van der Waals surface area contributed by atoms with E-state index in [1.807, 2.05) is 12.1 Å². The first-order chi connectivity index (χ1) is 8.07. The standard InChI is InChI=1S/C15H25NO/c1-4-5-6-11-15(2,16)12-13-7-9-14(17-3)10-8-13/h7-10H,4-6,11-12,16H2,1-3H3. The van der Waals surface area contributed by atoms with Crippen LogP contribution in [0, 0.1) is 0 Å². The molecule has 0 aliphatic rings. The van der Waals surface area contributed by atoms with Crippen LogP contribution in [0.5, 0.6) is 5.75 Å². The first kappa shape index (κ1) is 14.0. The van der Waals surface area contributed by atoms with E-state index >= 15 is 0 Å². The predicted octanol–water partition coefficient (Wildman–Crippen LogP) is 3.54. The van der Waals surface area contributed by atoms with Crippen LogP contribution in [-0.2, 0) is 6.42 Å². The van der Waals surface area contributed by atoms with Crippen LogP contribution in [0.4, 0.5) is 0 Å². The smallest absolute Gasteiger partial charge is 0.118 e. The molecule has 1 rings (SSSR count). The number of hydrogen-bond donors (Lipinski definition) is 1. The molecule has 0 bridgehead atoms. The quantitative estimate of drug-likeness (QED) is 0.734. The lowest BCUT2D eigenvalue weighted by Gasteiger charge is -2.24. The van der Waals surface area contributed by atoms with Crippen LogP contribution in [0.1, 0.15) is 45.1 Å². The van der Waals surface area contributed by atoms with Crippen molar-refractivity contribution in [2.75, 3.05) is 7.11 Å². The summed E-state index contributed by atoms with van der Waals surface area (Å²) in [5.41, 5.74) is 7.52. The van der Waals surface area contributed by atoms with E-state index in [0.717, 1.165) is 18.6 Å². The summed E-state index contributed by atoms with van der Waals surface area (Å²) in [5, 5.41) is 0. The summed E-state index contributed by atoms with van der Waals surface area (Å²) in [6.07, 6.45) is 5.77. The van der Waals surface area contributed by atoms with Gasteiger partial charge in [-0.25, -0.2) is 0 Å². The highest BCUT2D eigenvalue weighted by molar-refractivity contribution is 5.28. The van der Waals surface area contributed by atoms with Crippen molar-refractivity contribution in [3.05, 3.63) is 29.8 Å². The number of rotatable bonds is 7. The maximum atomic E-state index is 6.33. The Morgan fingerprint density at radius 3 is 2.35 bits per heavy atom. The summed E-state index contributed by atoms with van der Waals surface area (Å²) >= 11 is 0. The van der Waals surface area contributed by atoms with E-state index < -0.39 is 0 Å². The lowest BCUT2D eigenvalue weighted by atomic mass is 9.88. The minimum atomic E-state index is -0.0935. The first-order valence-corrected chi connectivity index (χ1v) is 6.49. The second-order valence-electron chi connectivity index (χ2n) is 5.14. The Morgan fingerprint density at radius 1 is 1.18 bits per heavy atom. The molecule has 1 aromatic carbocycles. The van der Waals surface area contributed by atoms with Gasteiger partial charge in [-0.2, -0.15) is 0 Å². The molecule has 2 nitrogen and oxygen atoms in total. The fourth-order valence-corrected chi connectivity index (χ4v) is 2.08. The zero-order valence-electron chi connectivity index (χ0n) is 11.3. The summed E-state index contributed by atoms with van der Waals surface area (Å²) in [5.74, 6) is 0.901. The maximum absolute atomic E-state index is 6.33. The van der Waals surface area contributed by atoms with Gasteiger partial charge in [0.1, 0.15) is 5.75 Å². The van der Waals surface area contributed by atoms with Gasteiger partial charge in [0.2, 0.25) is 0 Å². The molecule has 1 unspecified atom stereocenters. The molecule has 0 amide bonds. The SMILES string of the molecule is CCCCCC(C)(N)Cc1ccc(OC)cc1. The van der Waals surface area contributed by atoms with Crippen LogP contribution in [-0.4, -0.2) is 12.6 Å². The van der Waals surface area contributed by atoms with Gasteiger partial charge < -0.3 is 10.5 Å². The Morgan fingerprint density at radius 2 is 1.82 bits per heavy atom. The van der Waals surface area contributed by atoms with Crippen molar-refractivity contribution >= 4 is 0 Å². The highest BCUT2D eigenvalue weighted by atomic mass is 16.5. The number of hydrogen-bond acceptors (Lipinski definition) is 2. The van der Waals surface area contributed by atoms with E-state index in [1.54, 1.807) is 7.11 Å². The molecular weight excluding hydrogens is 210 g/mol. The molecule has 96 valence electrons. The molecule has 0 heterocycles. The number of nitrogens with two attached hydrogens (primary N) is 1. The van der Waals surface area contributed by atoms with Crippen LogP contribution in [0.15, 0.2) is 24.3 Å². The average Bonchev–Trinajstić information content (AvgIpc) is 2.30. The van der Waals surface area contributed by atoms with Crippen molar-refractivity contribution in [1.29, 1.82) is 0 Å². The largest absolute Gasteiger partial charge is 0.497 e. The molecule has 0 fully saturated rings. The van der Waals surface area contributed by atoms with Gasteiger partial charge in [-0.1, -0.05) is 38.3 Å². The van der Waals surface area contributed by atoms with Crippen LogP contribution < -0.4 is 10.5 Å². The molecule has 0 aromatic heterocycles. The third-order valence-corrected chi connectivity index (χ3v) is 3.12. The van der Waals surface area contributed by atoms with Crippen LogP contribution >= 0.6 is 0 Å². The van der Waals surface area contributed by atoms with Crippen molar-refractivity contribution in [3.8, 4) is 5.75 Å². The molecule has 2 N–H and O–H groups in total. The normalized spacial score (nSPS) is 14.4. The molecule has 0 aliphatic carbocycles. The zero-order chi connectivity index (χ0) is 12.7. The predicted molar refractivity (Wildman–Crippen MR) is 73.4 cm³/mol. The van der Waals surface area contributed by atoms with Gasteiger partial charge in [0.15, 0.2) is 0 Å². The van der Waals surface area contributed by atoms with Crippen molar-refractivity contribution in [2.24, 2.45) is 5.73 Å². The van der Waals surface area contributed by atoms with Gasteiger partial charge in [-0.15, -0.1) is 0 Å². The zero-order valence-corrected chi connectivity index (χ0v) is 11.3. The summed E-state index contributed by atoms with van der Waals surface area (Å²) in [6, 6.07) is 8.20. The molecular formula is C15H25NO. The molecule has 0 aliphatic heterocycles.